The molecule has 0 saturated heterocycles. The molecule has 17 heavy (non-hydrogen) atoms. The van der Waals surface area contributed by atoms with Crippen LogP contribution in [0.5, 0.6) is 0 Å². The minimum absolute atomic E-state index is 0.0366. The monoisotopic (exact) mass is 269 g/mol. The average Bonchev–Trinajstić information content (AvgIpc) is 2.61. The first-order valence-electron chi connectivity index (χ1n) is 4.65. The Balaban J connectivity index is 2.48. The summed E-state index contributed by atoms with van der Waals surface area (Å²) in [6.45, 7) is 1.91. The van der Waals surface area contributed by atoms with E-state index in [-0.39, 0.29) is 24.0 Å². The Morgan fingerprint density at radius 3 is 2.71 bits per heavy atom. The van der Waals surface area contributed by atoms with Crippen molar-refractivity contribution in [2.75, 3.05) is 11.9 Å². The maximum atomic E-state index is 12.1. The SMILES string of the molecule is CC(CNc1nc(C(F)(F)F)ns1)CC(=O)O. The van der Waals surface area contributed by atoms with Gasteiger partial charge in [0.15, 0.2) is 0 Å². The molecule has 96 valence electrons. The van der Waals surface area contributed by atoms with E-state index in [0.717, 1.165) is 0 Å². The Morgan fingerprint density at radius 2 is 2.24 bits per heavy atom. The van der Waals surface area contributed by atoms with Gasteiger partial charge in [0.05, 0.1) is 0 Å². The molecule has 0 aliphatic rings. The number of hydrogen-bond donors (Lipinski definition) is 2. The maximum absolute atomic E-state index is 12.1. The average molecular weight is 269 g/mol. The van der Waals surface area contributed by atoms with Crippen LogP contribution in [0.3, 0.4) is 0 Å². The summed E-state index contributed by atoms with van der Waals surface area (Å²) in [5.74, 6) is -2.34. The first-order chi connectivity index (χ1) is 7.79. The van der Waals surface area contributed by atoms with Crippen molar-refractivity contribution >= 4 is 22.6 Å². The van der Waals surface area contributed by atoms with E-state index < -0.39 is 18.0 Å². The number of aromatic nitrogens is 2. The molecule has 1 unspecified atom stereocenters. The van der Waals surface area contributed by atoms with Crippen molar-refractivity contribution in [1.82, 2.24) is 9.36 Å². The summed E-state index contributed by atoms with van der Waals surface area (Å²) in [6, 6.07) is 0. The molecule has 0 saturated carbocycles. The summed E-state index contributed by atoms with van der Waals surface area (Å²) >= 11 is 0.598. The van der Waals surface area contributed by atoms with E-state index in [1.807, 2.05) is 0 Å². The number of nitrogens with zero attached hydrogens (tertiary/aromatic N) is 2. The number of carbonyl (C=O) groups is 1. The molecule has 1 heterocycles. The number of aliphatic carboxylic acids is 1. The second-order valence-electron chi connectivity index (χ2n) is 3.50. The van der Waals surface area contributed by atoms with Gasteiger partial charge < -0.3 is 10.4 Å². The van der Waals surface area contributed by atoms with Gasteiger partial charge in [-0.3, -0.25) is 4.79 Å². The predicted molar refractivity (Wildman–Crippen MR) is 54.8 cm³/mol. The zero-order valence-electron chi connectivity index (χ0n) is 8.78. The van der Waals surface area contributed by atoms with E-state index in [2.05, 4.69) is 14.7 Å². The van der Waals surface area contributed by atoms with Crippen molar-refractivity contribution in [3.05, 3.63) is 5.82 Å². The van der Waals surface area contributed by atoms with Crippen molar-refractivity contribution in [1.29, 1.82) is 0 Å². The van der Waals surface area contributed by atoms with Crippen LogP contribution in [-0.2, 0) is 11.0 Å². The molecule has 0 fully saturated rings. The normalized spacial score (nSPS) is 13.4. The van der Waals surface area contributed by atoms with Gasteiger partial charge in [-0.2, -0.15) is 22.5 Å². The zero-order chi connectivity index (χ0) is 13.1. The van der Waals surface area contributed by atoms with E-state index >= 15 is 0 Å². The van der Waals surface area contributed by atoms with Gasteiger partial charge in [0.2, 0.25) is 11.0 Å². The molecule has 1 atom stereocenters. The molecule has 0 amide bonds. The highest BCUT2D eigenvalue weighted by molar-refractivity contribution is 7.09. The number of carboxylic acid groups (broad SMARTS) is 1. The lowest BCUT2D eigenvalue weighted by Gasteiger charge is -2.08. The Kier molecular flexibility index (Phi) is 4.27. The molecular weight excluding hydrogens is 259 g/mol. The fourth-order valence-electron chi connectivity index (χ4n) is 1.04. The highest BCUT2D eigenvalue weighted by atomic mass is 32.1. The fraction of sp³-hybridized carbons (Fsp3) is 0.625. The Hall–Kier alpha value is -1.38. The molecular formula is C8H10F3N3O2S. The summed E-state index contributed by atoms with van der Waals surface area (Å²) in [6.07, 6.45) is -4.61. The third-order valence-electron chi connectivity index (χ3n) is 1.80. The maximum Gasteiger partial charge on any atom is 0.452 e. The summed E-state index contributed by atoms with van der Waals surface area (Å²) in [5, 5.41) is 11.2. The van der Waals surface area contributed by atoms with Gasteiger partial charge >= 0.3 is 12.1 Å². The van der Waals surface area contributed by atoms with Gasteiger partial charge in [0, 0.05) is 24.5 Å². The Morgan fingerprint density at radius 1 is 1.59 bits per heavy atom. The molecule has 0 aliphatic carbocycles. The zero-order valence-corrected chi connectivity index (χ0v) is 9.60. The van der Waals surface area contributed by atoms with Gasteiger partial charge in [-0.15, -0.1) is 0 Å². The van der Waals surface area contributed by atoms with Crippen LogP contribution in [0.2, 0.25) is 0 Å². The van der Waals surface area contributed by atoms with Crippen LogP contribution in [0.25, 0.3) is 0 Å². The lowest BCUT2D eigenvalue weighted by molar-refractivity contribution is -0.144. The van der Waals surface area contributed by atoms with E-state index in [1.165, 1.54) is 0 Å². The third-order valence-corrected chi connectivity index (χ3v) is 2.48. The Labute approximate surface area is 98.8 Å². The van der Waals surface area contributed by atoms with Crippen LogP contribution < -0.4 is 5.32 Å². The van der Waals surface area contributed by atoms with Crippen molar-refractivity contribution in [2.45, 2.75) is 19.5 Å². The molecule has 2 N–H and O–H groups in total. The van der Waals surface area contributed by atoms with Crippen LogP contribution in [0.1, 0.15) is 19.2 Å². The molecule has 5 nitrogen and oxygen atoms in total. The molecule has 1 aromatic heterocycles. The smallest absolute Gasteiger partial charge is 0.452 e. The Bertz CT molecular complexity index is 394. The molecule has 9 heteroatoms. The lowest BCUT2D eigenvalue weighted by Crippen LogP contribution is -2.15. The summed E-state index contributed by atoms with van der Waals surface area (Å²) in [4.78, 5) is 13.6. The summed E-state index contributed by atoms with van der Waals surface area (Å²) < 4.78 is 39.6. The van der Waals surface area contributed by atoms with Gasteiger partial charge in [-0.1, -0.05) is 6.92 Å². The second kappa shape index (κ2) is 5.30. The molecule has 1 rings (SSSR count). The van der Waals surface area contributed by atoms with E-state index in [4.69, 9.17) is 5.11 Å². The summed E-state index contributed by atoms with van der Waals surface area (Å²) in [7, 11) is 0. The van der Waals surface area contributed by atoms with Crippen molar-refractivity contribution in [3.8, 4) is 0 Å². The first-order valence-corrected chi connectivity index (χ1v) is 5.43. The number of nitrogens with one attached hydrogen (secondary N) is 1. The van der Waals surface area contributed by atoms with Crippen LogP contribution in [-0.4, -0.2) is 27.0 Å². The van der Waals surface area contributed by atoms with Gasteiger partial charge in [0.25, 0.3) is 0 Å². The van der Waals surface area contributed by atoms with Crippen molar-refractivity contribution in [2.24, 2.45) is 5.92 Å². The number of anilines is 1. The highest BCUT2D eigenvalue weighted by Crippen LogP contribution is 2.28. The largest absolute Gasteiger partial charge is 0.481 e. The summed E-state index contributed by atoms with van der Waals surface area (Å²) in [5.41, 5.74) is 0. The number of alkyl halides is 3. The van der Waals surface area contributed by atoms with Crippen LogP contribution >= 0.6 is 11.5 Å². The van der Waals surface area contributed by atoms with E-state index in [1.54, 1.807) is 6.92 Å². The number of carboxylic acids is 1. The molecule has 0 radical (unpaired) electrons. The number of halogens is 3. The topological polar surface area (TPSA) is 75.1 Å². The quantitative estimate of drug-likeness (QED) is 0.856. The molecule has 0 bridgehead atoms. The van der Waals surface area contributed by atoms with Crippen molar-refractivity contribution in [3.63, 3.8) is 0 Å². The molecule has 0 aliphatic heterocycles. The standard InChI is InChI=1S/C8H10F3N3O2S/c1-4(2-5(15)16)3-12-7-13-6(14-17-7)8(9,10)11/h4H,2-3H2,1H3,(H,15,16)(H,12,13,14). The molecule has 0 aromatic carbocycles. The fourth-order valence-corrected chi connectivity index (χ4v) is 1.63. The second-order valence-corrected chi connectivity index (χ2v) is 4.26. The molecule has 1 aromatic rings. The van der Waals surface area contributed by atoms with Gasteiger partial charge in [0.1, 0.15) is 0 Å². The van der Waals surface area contributed by atoms with Gasteiger partial charge in [-0.25, -0.2) is 0 Å². The minimum Gasteiger partial charge on any atom is -0.481 e. The number of rotatable bonds is 5. The molecule has 0 spiro atoms. The highest BCUT2D eigenvalue weighted by Gasteiger charge is 2.36. The van der Waals surface area contributed by atoms with Crippen LogP contribution in [0, 0.1) is 5.92 Å². The minimum atomic E-state index is -4.55. The van der Waals surface area contributed by atoms with Crippen LogP contribution in [0.4, 0.5) is 18.3 Å². The number of hydrogen-bond acceptors (Lipinski definition) is 5. The van der Waals surface area contributed by atoms with Crippen LogP contribution in [0.15, 0.2) is 0 Å². The van der Waals surface area contributed by atoms with Gasteiger partial charge in [-0.05, 0) is 5.92 Å². The third kappa shape index (κ3) is 4.55. The predicted octanol–water partition coefficient (Wildman–Crippen LogP) is 2.08. The van der Waals surface area contributed by atoms with E-state index in [9.17, 15) is 18.0 Å². The first kappa shape index (κ1) is 13.7. The van der Waals surface area contributed by atoms with Crippen molar-refractivity contribution < 1.29 is 23.1 Å². The van der Waals surface area contributed by atoms with E-state index in [0.29, 0.717) is 11.5 Å². The lowest BCUT2D eigenvalue weighted by atomic mass is 10.1.